The van der Waals surface area contributed by atoms with Gasteiger partial charge in [0.25, 0.3) is 11.8 Å². The minimum atomic E-state index is -0.134. The summed E-state index contributed by atoms with van der Waals surface area (Å²) in [5.41, 5.74) is 0.570. The van der Waals surface area contributed by atoms with Crippen LogP contribution in [0.2, 0.25) is 0 Å². The summed E-state index contributed by atoms with van der Waals surface area (Å²) in [6, 6.07) is 0. The summed E-state index contributed by atoms with van der Waals surface area (Å²) in [7, 11) is 0. The fraction of sp³-hybridized carbons (Fsp3) is 0.714. The Balaban J connectivity index is 2.55. The normalized spacial score (nSPS) is 17.6. The molecule has 1 aliphatic heterocycles. The topological polar surface area (TPSA) is 37.4 Å². The highest BCUT2D eigenvalue weighted by Gasteiger charge is 2.29. The van der Waals surface area contributed by atoms with E-state index in [1.165, 1.54) is 23.8 Å². The number of nitrogens with zero attached hydrogens (tertiary/aromatic N) is 1. The Morgan fingerprint density at radius 1 is 1.18 bits per heavy atom. The molecule has 0 saturated heterocycles. The molecule has 0 fully saturated rings. The number of imide groups is 1. The summed E-state index contributed by atoms with van der Waals surface area (Å²) in [5.74, 6) is 0.227. The highest BCUT2D eigenvalue weighted by molar-refractivity contribution is 6.15. The van der Waals surface area contributed by atoms with Gasteiger partial charge in [-0.2, -0.15) is 0 Å². The average molecular weight is 237 g/mol. The molecule has 0 radical (unpaired) electrons. The fourth-order valence-electron chi connectivity index (χ4n) is 2.30. The van der Waals surface area contributed by atoms with E-state index >= 15 is 0 Å². The van der Waals surface area contributed by atoms with Crippen molar-refractivity contribution in [2.45, 2.75) is 52.9 Å². The minimum absolute atomic E-state index is 0.104. The van der Waals surface area contributed by atoms with Crippen LogP contribution >= 0.6 is 0 Å². The molecular weight excluding hydrogens is 214 g/mol. The van der Waals surface area contributed by atoms with Crippen molar-refractivity contribution < 1.29 is 9.59 Å². The molecule has 2 amide bonds. The zero-order chi connectivity index (χ0) is 12.8. The first-order chi connectivity index (χ1) is 8.10. The van der Waals surface area contributed by atoms with E-state index in [-0.39, 0.29) is 11.8 Å². The molecule has 1 rings (SSSR count). The van der Waals surface area contributed by atoms with Crippen LogP contribution in [0, 0.1) is 5.92 Å². The summed E-state index contributed by atoms with van der Waals surface area (Å²) in [6.45, 7) is 6.62. The second-order valence-electron chi connectivity index (χ2n) is 4.88. The lowest BCUT2D eigenvalue weighted by molar-refractivity contribution is -0.138. The Morgan fingerprint density at radius 2 is 1.88 bits per heavy atom. The maximum absolute atomic E-state index is 11.8. The van der Waals surface area contributed by atoms with E-state index < -0.39 is 0 Å². The van der Waals surface area contributed by atoms with Crippen LogP contribution in [-0.4, -0.2) is 23.3 Å². The molecule has 0 saturated carbocycles. The Hall–Kier alpha value is -1.12. The molecule has 0 aromatic heterocycles. The van der Waals surface area contributed by atoms with Gasteiger partial charge in [0.15, 0.2) is 0 Å². The molecular formula is C14H23NO2. The summed E-state index contributed by atoms with van der Waals surface area (Å²) in [5, 5.41) is 0. The molecule has 3 heteroatoms. The van der Waals surface area contributed by atoms with Crippen molar-refractivity contribution in [3.63, 3.8) is 0 Å². The third-order valence-electron chi connectivity index (χ3n) is 3.29. The van der Waals surface area contributed by atoms with Crippen LogP contribution in [0.4, 0.5) is 0 Å². The molecule has 1 unspecified atom stereocenters. The fourth-order valence-corrected chi connectivity index (χ4v) is 2.30. The zero-order valence-corrected chi connectivity index (χ0v) is 11.2. The van der Waals surface area contributed by atoms with Gasteiger partial charge >= 0.3 is 0 Å². The van der Waals surface area contributed by atoms with Gasteiger partial charge in [-0.3, -0.25) is 14.5 Å². The lowest BCUT2D eigenvalue weighted by Crippen LogP contribution is -2.35. The van der Waals surface area contributed by atoms with E-state index in [1.54, 1.807) is 6.92 Å². The Morgan fingerprint density at radius 3 is 2.35 bits per heavy atom. The molecule has 0 aliphatic carbocycles. The number of unbranched alkanes of at least 4 members (excludes halogenated alkanes) is 1. The lowest BCUT2D eigenvalue weighted by atomic mass is 9.96. The predicted molar refractivity (Wildman–Crippen MR) is 68.4 cm³/mol. The molecule has 1 heterocycles. The number of hydrogen-bond acceptors (Lipinski definition) is 2. The van der Waals surface area contributed by atoms with Crippen LogP contribution in [0.3, 0.4) is 0 Å². The largest absolute Gasteiger partial charge is 0.275 e. The smallest absolute Gasteiger partial charge is 0.256 e. The Labute approximate surface area is 104 Å². The first-order valence-electron chi connectivity index (χ1n) is 6.64. The van der Waals surface area contributed by atoms with Crippen molar-refractivity contribution >= 4 is 11.8 Å². The van der Waals surface area contributed by atoms with E-state index in [0.717, 1.165) is 19.3 Å². The van der Waals surface area contributed by atoms with E-state index in [2.05, 4.69) is 13.8 Å². The number of carbonyl (C=O) groups excluding carboxylic acids is 2. The van der Waals surface area contributed by atoms with E-state index in [4.69, 9.17) is 0 Å². The van der Waals surface area contributed by atoms with Gasteiger partial charge in [-0.1, -0.05) is 33.1 Å². The zero-order valence-electron chi connectivity index (χ0n) is 11.2. The van der Waals surface area contributed by atoms with Gasteiger partial charge in [-0.05, 0) is 25.7 Å². The Kier molecular flexibility index (Phi) is 5.39. The highest BCUT2D eigenvalue weighted by Crippen LogP contribution is 2.20. The van der Waals surface area contributed by atoms with Gasteiger partial charge in [0.05, 0.1) is 0 Å². The number of amides is 2. The van der Waals surface area contributed by atoms with Crippen molar-refractivity contribution in [1.29, 1.82) is 0 Å². The van der Waals surface area contributed by atoms with Crippen molar-refractivity contribution in [1.82, 2.24) is 4.90 Å². The monoisotopic (exact) mass is 237 g/mol. The average Bonchev–Trinajstić information content (AvgIpc) is 2.53. The van der Waals surface area contributed by atoms with E-state index in [9.17, 15) is 9.59 Å². The van der Waals surface area contributed by atoms with Gasteiger partial charge in [-0.15, -0.1) is 0 Å². The van der Waals surface area contributed by atoms with Crippen LogP contribution in [0.15, 0.2) is 11.6 Å². The SMILES string of the molecule is CCCCC(CCC)CN1C(=O)C=C(C)C1=O. The van der Waals surface area contributed by atoms with E-state index in [0.29, 0.717) is 18.0 Å². The highest BCUT2D eigenvalue weighted by atomic mass is 16.2. The maximum Gasteiger partial charge on any atom is 0.256 e. The molecule has 1 aliphatic rings. The Bertz CT molecular complexity index is 320. The quantitative estimate of drug-likeness (QED) is 0.638. The molecule has 0 aromatic carbocycles. The summed E-state index contributed by atoms with van der Waals surface area (Å²) >= 11 is 0. The molecule has 0 bridgehead atoms. The van der Waals surface area contributed by atoms with E-state index in [1.807, 2.05) is 0 Å². The van der Waals surface area contributed by atoms with Crippen molar-refractivity contribution in [3.8, 4) is 0 Å². The van der Waals surface area contributed by atoms with Gasteiger partial charge in [0.2, 0.25) is 0 Å². The second-order valence-corrected chi connectivity index (χ2v) is 4.88. The van der Waals surface area contributed by atoms with Crippen LogP contribution in [0.1, 0.15) is 52.9 Å². The molecule has 1 atom stereocenters. The first-order valence-corrected chi connectivity index (χ1v) is 6.64. The third kappa shape index (κ3) is 3.69. The maximum atomic E-state index is 11.8. The number of rotatable bonds is 7. The van der Waals surface area contributed by atoms with Crippen LogP contribution in [0.5, 0.6) is 0 Å². The summed E-state index contributed by atoms with van der Waals surface area (Å²) in [6.07, 6.45) is 7.10. The van der Waals surface area contributed by atoms with Gasteiger partial charge < -0.3 is 0 Å². The van der Waals surface area contributed by atoms with Gasteiger partial charge in [0, 0.05) is 18.2 Å². The molecule has 0 aromatic rings. The molecule has 17 heavy (non-hydrogen) atoms. The standard InChI is InChI=1S/C14H23NO2/c1-4-6-8-12(7-5-2)10-15-13(16)9-11(3)14(15)17/h9,12H,4-8,10H2,1-3H3. The molecule has 0 N–H and O–H groups in total. The summed E-state index contributed by atoms with van der Waals surface area (Å²) in [4.78, 5) is 24.8. The van der Waals surface area contributed by atoms with Crippen LogP contribution in [-0.2, 0) is 9.59 Å². The number of carbonyl (C=O) groups is 2. The first kappa shape index (κ1) is 13.9. The minimum Gasteiger partial charge on any atom is -0.275 e. The molecule has 3 nitrogen and oxygen atoms in total. The van der Waals surface area contributed by atoms with Gasteiger partial charge in [0.1, 0.15) is 0 Å². The summed E-state index contributed by atoms with van der Waals surface area (Å²) < 4.78 is 0. The van der Waals surface area contributed by atoms with Crippen LogP contribution < -0.4 is 0 Å². The third-order valence-corrected chi connectivity index (χ3v) is 3.29. The second kappa shape index (κ2) is 6.58. The van der Waals surface area contributed by atoms with Gasteiger partial charge in [-0.25, -0.2) is 0 Å². The molecule has 96 valence electrons. The predicted octanol–water partition coefficient (Wildman–Crippen LogP) is 2.91. The molecule has 0 spiro atoms. The van der Waals surface area contributed by atoms with Crippen molar-refractivity contribution in [3.05, 3.63) is 11.6 Å². The lowest BCUT2D eigenvalue weighted by Gasteiger charge is -2.22. The van der Waals surface area contributed by atoms with Crippen molar-refractivity contribution in [2.24, 2.45) is 5.92 Å². The number of hydrogen-bond donors (Lipinski definition) is 0. The van der Waals surface area contributed by atoms with Crippen molar-refractivity contribution in [2.75, 3.05) is 6.54 Å². The van der Waals surface area contributed by atoms with Crippen LogP contribution in [0.25, 0.3) is 0 Å².